The molecular weight excluding hydrogens is 184 g/mol. The third-order valence-corrected chi connectivity index (χ3v) is 1.79. The largest absolute Gasteiger partial charge is 0.383 e. The number of hydrogen-bond acceptors (Lipinski definition) is 7. The maximum atomic E-state index is 5.66. The van der Waals surface area contributed by atoms with Gasteiger partial charge in [0.1, 0.15) is 29.7 Å². The van der Waals surface area contributed by atoms with Gasteiger partial charge in [-0.05, 0) is 6.92 Å². The molecular formula is C7H10N6O. The SMILES string of the molecule is CC1=NOC(=C2C(N)=NCN=C2N)N1. The highest BCUT2D eigenvalue weighted by molar-refractivity contribution is 6.23. The van der Waals surface area contributed by atoms with Crippen molar-refractivity contribution >= 4 is 17.5 Å². The quantitative estimate of drug-likeness (QED) is 0.451. The fourth-order valence-electron chi connectivity index (χ4n) is 1.14. The Morgan fingerprint density at radius 3 is 2.43 bits per heavy atom. The van der Waals surface area contributed by atoms with Crippen LogP contribution in [0.25, 0.3) is 0 Å². The molecule has 7 heteroatoms. The van der Waals surface area contributed by atoms with E-state index in [9.17, 15) is 0 Å². The molecule has 2 aliphatic rings. The van der Waals surface area contributed by atoms with Gasteiger partial charge in [-0.2, -0.15) is 0 Å². The molecule has 7 nitrogen and oxygen atoms in total. The second kappa shape index (κ2) is 3.02. The minimum atomic E-state index is 0.258. The monoisotopic (exact) mass is 194 g/mol. The molecule has 0 bridgehead atoms. The Hall–Kier alpha value is -2.05. The number of rotatable bonds is 0. The Bertz CT molecular complexity index is 371. The predicted octanol–water partition coefficient (Wildman–Crippen LogP) is -1.16. The number of nitrogens with one attached hydrogen (secondary N) is 1. The Balaban J connectivity index is 2.37. The van der Waals surface area contributed by atoms with Gasteiger partial charge in [0.05, 0.1) is 0 Å². The molecule has 2 heterocycles. The molecule has 0 saturated carbocycles. The summed E-state index contributed by atoms with van der Waals surface area (Å²) < 4.78 is 0. The van der Waals surface area contributed by atoms with Crippen molar-refractivity contribution in [2.45, 2.75) is 6.92 Å². The highest BCUT2D eigenvalue weighted by atomic mass is 16.7. The Morgan fingerprint density at radius 1 is 1.29 bits per heavy atom. The van der Waals surface area contributed by atoms with Gasteiger partial charge in [-0.25, -0.2) is 9.98 Å². The van der Waals surface area contributed by atoms with Gasteiger partial charge in [0.15, 0.2) is 0 Å². The van der Waals surface area contributed by atoms with Crippen molar-refractivity contribution in [3.05, 3.63) is 11.5 Å². The molecule has 0 saturated heterocycles. The minimum Gasteiger partial charge on any atom is -0.383 e. The van der Waals surface area contributed by atoms with Crippen molar-refractivity contribution in [1.29, 1.82) is 0 Å². The van der Waals surface area contributed by atoms with Crippen molar-refractivity contribution in [3.63, 3.8) is 0 Å². The molecule has 0 fully saturated rings. The number of aliphatic imine (C=N–C) groups is 2. The van der Waals surface area contributed by atoms with Crippen LogP contribution < -0.4 is 16.8 Å². The molecule has 0 radical (unpaired) electrons. The number of nitrogens with zero attached hydrogens (tertiary/aromatic N) is 3. The number of nitrogens with two attached hydrogens (primary N) is 2. The van der Waals surface area contributed by atoms with Crippen LogP contribution in [0.4, 0.5) is 0 Å². The Labute approximate surface area is 80.2 Å². The maximum Gasteiger partial charge on any atom is 0.243 e. The van der Waals surface area contributed by atoms with Crippen LogP contribution in [0.5, 0.6) is 0 Å². The molecule has 2 rings (SSSR count). The molecule has 5 N–H and O–H groups in total. The van der Waals surface area contributed by atoms with E-state index in [1.165, 1.54) is 0 Å². The molecule has 0 aromatic heterocycles. The van der Waals surface area contributed by atoms with E-state index in [1.54, 1.807) is 6.92 Å². The van der Waals surface area contributed by atoms with Gasteiger partial charge in [-0.1, -0.05) is 5.16 Å². The lowest BCUT2D eigenvalue weighted by atomic mass is 10.2. The molecule has 0 aromatic carbocycles. The summed E-state index contributed by atoms with van der Waals surface area (Å²) in [6, 6.07) is 0. The summed E-state index contributed by atoms with van der Waals surface area (Å²) in [7, 11) is 0. The molecule has 0 amide bonds. The van der Waals surface area contributed by atoms with Gasteiger partial charge < -0.3 is 21.6 Å². The van der Waals surface area contributed by atoms with E-state index in [2.05, 4.69) is 20.5 Å². The Morgan fingerprint density at radius 2 is 1.93 bits per heavy atom. The first-order valence-corrected chi connectivity index (χ1v) is 4.02. The third-order valence-electron chi connectivity index (χ3n) is 1.79. The summed E-state index contributed by atoms with van der Waals surface area (Å²) in [6.45, 7) is 2.02. The lowest BCUT2D eigenvalue weighted by Gasteiger charge is -2.12. The highest BCUT2D eigenvalue weighted by Gasteiger charge is 2.22. The van der Waals surface area contributed by atoms with E-state index in [1.807, 2.05) is 0 Å². The topological polar surface area (TPSA) is 110 Å². The number of amidine groups is 3. The van der Waals surface area contributed by atoms with Crippen molar-refractivity contribution in [3.8, 4) is 0 Å². The van der Waals surface area contributed by atoms with E-state index in [4.69, 9.17) is 16.3 Å². The number of oxime groups is 1. The zero-order chi connectivity index (χ0) is 10.1. The van der Waals surface area contributed by atoms with Crippen LogP contribution in [0.2, 0.25) is 0 Å². The average molecular weight is 194 g/mol. The minimum absolute atomic E-state index is 0.258. The van der Waals surface area contributed by atoms with E-state index >= 15 is 0 Å². The third kappa shape index (κ3) is 1.28. The van der Waals surface area contributed by atoms with Crippen molar-refractivity contribution < 1.29 is 4.84 Å². The fraction of sp³-hybridized carbons (Fsp3) is 0.286. The molecule has 74 valence electrons. The first-order chi connectivity index (χ1) is 6.68. The fourth-order valence-corrected chi connectivity index (χ4v) is 1.14. The smallest absolute Gasteiger partial charge is 0.243 e. The van der Waals surface area contributed by atoms with Gasteiger partial charge in [0.2, 0.25) is 5.88 Å². The molecule has 14 heavy (non-hydrogen) atoms. The van der Waals surface area contributed by atoms with Crippen molar-refractivity contribution in [2.75, 3.05) is 6.67 Å². The van der Waals surface area contributed by atoms with Crippen LogP contribution in [0.15, 0.2) is 26.6 Å². The lowest BCUT2D eigenvalue weighted by molar-refractivity contribution is 0.237. The summed E-state index contributed by atoms with van der Waals surface area (Å²) in [6.07, 6.45) is 0. The van der Waals surface area contributed by atoms with Crippen molar-refractivity contribution in [1.82, 2.24) is 5.32 Å². The molecule has 0 aromatic rings. The Kier molecular flexibility index (Phi) is 1.84. The van der Waals surface area contributed by atoms with Gasteiger partial charge in [-0.3, -0.25) is 0 Å². The van der Waals surface area contributed by atoms with E-state index in [0.717, 1.165) is 0 Å². The maximum absolute atomic E-state index is 5.66. The standard InChI is InChI=1S/C7H10N6O/c1-3-12-7(14-13-3)4-5(8)10-2-11-6(4)9/h2H2,1H3,(H2,8,10)(H2,9,11)(H,12,13). The zero-order valence-corrected chi connectivity index (χ0v) is 7.61. The summed E-state index contributed by atoms with van der Waals surface area (Å²) in [5.74, 6) is 1.64. The number of hydrogen-bond donors (Lipinski definition) is 3. The average Bonchev–Trinajstić information content (AvgIpc) is 2.51. The molecule has 0 atom stereocenters. The molecule has 0 unspecified atom stereocenters. The second-order valence-electron chi connectivity index (χ2n) is 2.83. The van der Waals surface area contributed by atoms with Crippen LogP contribution in [-0.2, 0) is 4.84 Å². The summed E-state index contributed by atoms with van der Waals surface area (Å²) in [5, 5.41) is 6.56. The van der Waals surface area contributed by atoms with Gasteiger partial charge >= 0.3 is 0 Å². The highest BCUT2D eigenvalue weighted by Crippen LogP contribution is 2.12. The van der Waals surface area contributed by atoms with E-state index in [0.29, 0.717) is 29.0 Å². The van der Waals surface area contributed by atoms with E-state index in [-0.39, 0.29) is 6.67 Å². The predicted molar refractivity (Wildman–Crippen MR) is 52.5 cm³/mol. The van der Waals surface area contributed by atoms with Crippen molar-refractivity contribution in [2.24, 2.45) is 26.6 Å². The summed E-state index contributed by atoms with van der Waals surface area (Å²) in [4.78, 5) is 12.8. The van der Waals surface area contributed by atoms with Crippen LogP contribution in [0.1, 0.15) is 6.92 Å². The van der Waals surface area contributed by atoms with Crippen LogP contribution >= 0.6 is 0 Å². The zero-order valence-electron chi connectivity index (χ0n) is 7.61. The molecule has 0 spiro atoms. The van der Waals surface area contributed by atoms with E-state index < -0.39 is 0 Å². The van der Waals surface area contributed by atoms with Gasteiger partial charge in [-0.15, -0.1) is 0 Å². The molecule has 2 aliphatic heterocycles. The molecule has 0 aliphatic carbocycles. The lowest BCUT2D eigenvalue weighted by Crippen LogP contribution is -2.34. The van der Waals surface area contributed by atoms with Crippen LogP contribution in [0, 0.1) is 0 Å². The van der Waals surface area contributed by atoms with Crippen LogP contribution in [0.3, 0.4) is 0 Å². The van der Waals surface area contributed by atoms with Gasteiger partial charge in [0.25, 0.3) is 0 Å². The summed E-state index contributed by atoms with van der Waals surface area (Å²) >= 11 is 0. The normalized spacial score (nSPS) is 20.8. The first-order valence-electron chi connectivity index (χ1n) is 4.02. The van der Waals surface area contributed by atoms with Crippen LogP contribution in [-0.4, -0.2) is 24.2 Å². The van der Waals surface area contributed by atoms with Gasteiger partial charge in [0, 0.05) is 0 Å². The summed E-state index contributed by atoms with van der Waals surface area (Å²) in [5.41, 5.74) is 11.8. The second-order valence-corrected chi connectivity index (χ2v) is 2.83. The first kappa shape index (κ1) is 8.54.